The Kier molecular flexibility index (Phi) is 4.53. The number of Topliss-reactive ketones (excluding diaryl/α,β-unsaturated/α-hetero) is 1. The first-order chi connectivity index (χ1) is 10.9. The molecule has 2 nitrogen and oxygen atoms in total. The Balaban J connectivity index is 2.54. The zero-order valence-electron chi connectivity index (χ0n) is 16.1. The van der Waals surface area contributed by atoms with Crippen molar-refractivity contribution in [3.05, 3.63) is 40.5 Å². The van der Waals surface area contributed by atoms with Crippen LogP contribution in [0.2, 0.25) is 0 Å². The standard InChI is InChI=1S/C22H29NO/c1-20(2,3)19(24)16(14-23)12-15-8-9-17-18(13-15)22(6,7)11-10-21(17,4)5/h8-9,12-13H,10-11H2,1-7H3. The van der Waals surface area contributed by atoms with Crippen LogP contribution in [0, 0.1) is 16.7 Å². The van der Waals surface area contributed by atoms with E-state index < -0.39 is 5.41 Å². The molecule has 0 N–H and O–H groups in total. The van der Waals surface area contributed by atoms with Crippen molar-refractivity contribution in [1.82, 2.24) is 0 Å². The molecule has 0 atom stereocenters. The highest BCUT2D eigenvalue weighted by Crippen LogP contribution is 2.46. The Labute approximate surface area is 146 Å². The number of nitrogens with zero attached hydrogens (tertiary/aromatic N) is 1. The van der Waals surface area contributed by atoms with E-state index in [9.17, 15) is 10.1 Å². The fourth-order valence-corrected chi connectivity index (χ4v) is 3.42. The second-order valence-electron chi connectivity index (χ2n) is 9.32. The van der Waals surface area contributed by atoms with E-state index in [1.165, 1.54) is 17.5 Å². The van der Waals surface area contributed by atoms with Crippen LogP contribution >= 0.6 is 0 Å². The quantitative estimate of drug-likeness (QED) is 0.528. The number of carbonyl (C=O) groups excluding carboxylic acids is 1. The summed E-state index contributed by atoms with van der Waals surface area (Å²) in [5.41, 5.74) is 3.65. The third-order valence-electron chi connectivity index (χ3n) is 5.23. The van der Waals surface area contributed by atoms with Crippen molar-refractivity contribution in [2.45, 2.75) is 72.1 Å². The van der Waals surface area contributed by atoms with Crippen LogP contribution in [0.1, 0.15) is 78.0 Å². The minimum Gasteiger partial charge on any atom is -0.293 e. The summed E-state index contributed by atoms with van der Waals surface area (Å²) in [4.78, 5) is 12.4. The molecule has 0 spiro atoms. The minimum absolute atomic E-state index is 0.109. The van der Waals surface area contributed by atoms with E-state index in [0.717, 1.165) is 12.0 Å². The van der Waals surface area contributed by atoms with Gasteiger partial charge in [-0.2, -0.15) is 5.26 Å². The highest BCUT2D eigenvalue weighted by atomic mass is 16.1. The largest absolute Gasteiger partial charge is 0.293 e. The van der Waals surface area contributed by atoms with Crippen molar-refractivity contribution < 1.29 is 4.79 Å². The topological polar surface area (TPSA) is 40.9 Å². The van der Waals surface area contributed by atoms with Gasteiger partial charge in [0.25, 0.3) is 0 Å². The van der Waals surface area contributed by atoms with Gasteiger partial charge in [-0.1, -0.05) is 66.7 Å². The van der Waals surface area contributed by atoms with Gasteiger partial charge in [-0.05, 0) is 46.4 Å². The van der Waals surface area contributed by atoms with E-state index >= 15 is 0 Å². The third-order valence-corrected chi connectivity index (χ3v) is 5.23. The lowest BCUT2D eigenvalue weighted by atomic mass is 9.63. The number of allylic oxidation sites excluding steroid dienone is 1. The molecule has 1 aromatic rings. The summed E-state index contributed by atoms with van der Waals surface area (Å²) < 4.78 is 0. The molecule has 128 valence electrons. The molecule has 1 aliphatic carbocycles. The Hall–Kier alpha value is -1.88. The van der Waals surface area contributed by atoms with Crippen molar-refractivity contribution in [1.29, 1.82) is 5.26 Å². The van der Waals surface area contributed by atoms with Gasteiger partial charge in [0.2, 0.25) is 0 Å². The molecule has 0 aliphatic heterocycles. The van der Waals surface area contributed by atoms with Crippen LogP contribution in [0.15, 0.2) is 23.8 Å². The molecule has 24 heavy (non-hydrogen) atoms. The Morgan fingerprint density at radius 3 is 2.12 bits per heavy atom. The van der Waals surface area contributed by atoms with Crippen LogP contribution < -0.4 is 0 Å². The van der Waals surface area contributed by atoms with Gasteiger partial charge < -0.3 is 0 Å². The molecule has 0 aromatic heterocycles. The monoisotopic (exact) mass is 323 g/mol. The summed E-state index contributed by atoms with van der Waals surface area (Å²) in [6.07, 6.45) is 4.06. The summed E-state index contributed by atoms with van der Waals surface area (Å²) in [7, 11) is 0. The first kappa shape index (κ1) is 18.5. The van der Waals surface area contributed by atoms with E-state index in [-0.39, 0.29) is 22.2 Å². The summed E-state index contributed by atoms with van der Waals surface area (Å²) >= 11 is 0. The van der Waals surface area contributed by atoms with Crippen LogP contribution in [0.5, 0.6) is 0 Å². The van der Waals surface area contributed by atoms with Crippen molar-refractivity contribution >= 4 is 11.9 Å². The van der Waals surface area contributed by atoms with E-state index in [2.05, 4.69) is 45.9 Å². The molecule has 0 fully saturated rings. The highest BCUT2D eigenvalue weighted by Gasteiger charge is 2.36. The fraction of sp³-hybridized carbons (Fsp3) is 0.545. The Morgan fingerprint density at radius 1 is 1.08 bits per heavy atom. The normalized spacial score (nSPS) is 19.3. The lowest BCUT2D eigenvalue weighted by Gasteiger charge is -2.42. The molecule has 2 heteroatoms. The minimum atomic E-state index is -0.545. The van der Waals surface area contributed by atoms with Crippen LogP contribution in [0.4, 0.5) is 0 Å². The molecule has 2 rings (SSSR count). The highest BCUT2D eigenvalue weighted by molar-refractivity contribution is 6.06. The van der Waals surface area contributed by atoms with Crippen molar-refractivity contribution in [3.63, 3.8) is 0 Å². The smallest absolute Gasteiger partial charge is 0.178 e. The number of carbonyl (C=O) groups is 1. The van der Waals surface area contributed by atoms with Crippen LogP contribution in [-0.4, -0.2) is 5.78 Å². The number of hydrogen-bond acceptors (Lipinski definition) is 2. The molecule has 0 saturated heterocycles. The number of benzene rings is 1. The molecule has 0 radical (unpaired) electrons. The average molecular weight is 323 g/mol. The molecule has 0 bridgehead atoms. The van der Waals surface area contributed by atoms with Gasteiger partial charge >= 0.3 is 0 Å². The van der Waals surface area contributed by atoms with Gasteiger partial charge in [0.1, 0.15) is 6.07 Å². The summed E-state index contributed by atoms with van der Waals surface area (Å²) in [6, 6.07) is 8.47. The predicted octanol–water partition coefficient (Wildman–Crippen LogP) is 5.56. The third kappa shape index (κ3) is 3.46. The lowest BCUT2D eigenvalue weighted by Crippen LogP contribution is -2.33. The van der Waals surface area contributed by atoms with E-state index in [0.29, 0.717) is 0 Å². The predicted molar refractivity (Wildman–Crippen MR) is 99.8 cm³/mol. The number of rotatable bonds is 2. The maximum Gasteiger partial charge on any atom is 0.178 e. The Morgan fingerprint density at radius 2 is 1.62 bits per heavy atom. The Bertz CT molecular complexity index is 736. The maximum atomic E-state index is 12.4. The summed E-state index contributed by atoms with van der Waals surface area (Å²) in [5.74, 6) is -0.109. The fourth-order valence-electron chi connectivity index (χ4n) is 3.42. The van der Waals surface area contributed by atoms with Gasteiger partial charge in [-0.3, -0.25) is 4.79 Å². The molecule has 1 aromatic carbocycles. The molecule has 1 aliphatic rings. The SMILES string of the molecule is CC(C)(C)C(=O)C(C#N)=Cc1ccc2c(c1)C(C)(C)CCC2(C)C. The van der Waals surface area contributed by atoms with E-state index in [1.54, 1.807) is 6.08 Å². The number of hydrogen-bond donors (Lipinski definition) is 0. The first-order valence-electron chi connectivity index (χ1n) is 8.70. The molecule has 0 amide bonds. The molecule has 0 unspecified atom stereocenters. The van der Waals surface area contributed by atoms with Gasteiger partial charge in [0, 0.05) is 5.41 Å². The average Bonchev–Trinajstić information content (AvgIpc) is 2.48. The van der Waals surface area contributed by atoms with Crippen molar-refractivity contribution in [2.24, 2.45) is 5.41 Å². The van der Waals surface area contributed by atoms with Gasteiger partial charge in [0.05, 0.1) is 5.57 Å². The van der Waals surface area contributed by atoms with Crippen LogP contribution in [-0.2, 0) is 15.6 Å². The number of fused-ring (bicyclic) bond motifs is 1. The molecular formula is C22H29NO. The summed E-state index contributed by atoms with van der Waals surface area (Å²) in [5, 5.41) is 9.41. The van der Waals surface area contributed by atoms with Crippen LogP contribution in [0.3, 0.4) is 0 Å². The second-order valence-corrected chi connectivity index (χ2v) is 9.32. The van der Waals surface area contributed by atoms with Gasteiger partial charge in [-0.15, -0.1) is 0 Å². The molecule has 0 heterocycles. The zero-order chi connectivity index (χ0) is 18.3. The van der Waals surface area contributed by atoms with E-state index in [4.69, 9.17) is 0 Å². The maximum absolute atomic E-state index is 12.4. The van der Waals surface area contributed by atoms with Gasteiger partial charge in [0.15, 0.2) is 5.78 Å². The lowest BCUT2D eigenvalue weighted by molar-refractivity contribution is -0.121. The zero-order valence-corrected chi connectivity index (χ0v) is 16.1. The molecular weight excluding hydrogens is 294 g/mol. The number of ketones is 1. The molecule has 0 saturated carbocycles. The number of nitriles is 1. The van der Waals surface area contributed by atoms with Crippen molar-refractivity contribution in [2.75, 3.05) is 0 Å². The van der Waals surface area contributed by atoms with Crippen LogP contribution in [0.25, 0.3) is 6.08 Å². The second kappa shape index (κ2) is 5.88. The summed E-state index contributed by atoms with van der Waals surface area (Å²) in [6.45, 7) is 14.7. The van der Waals surface area contributed by atoms with Gasteiger partial charge in [-0.25, -0.2) is 0 Å². The van der Waals surface area contributed by atoms with E-state index in [1.807, 2.05) is 26.8 Å². The first-order valence-corrected chi connectivity index (χ1v) is 8.70. The van der Waals surface area contributed by atoms with Crippen molar-refractivity contribution in [3.8, 4) is 6.07 Å².